The summed E-state index contributed by atoms with van der Waals surface area (Å²) in [4.78, 5) is 39.9. The quantitative estimate of drug-likeness (QED) is 0.0212. The molecule has 0 aliphatic carbocycles. The van der Waals surface area contributed by atoms with Crippen molar-refractivity contribution in [1.82, 2.24) is 5.32 Å². The Bertz CT molecular complexity index is 1640. The van der Waals surface area contributed by atoms with Gasteiger partial charge in [0.05, 0.1) is 33.8 Å². The number of nitrogens with one attached hydrogen (secondary N) is 1. The predicted molar refractivity (Wildman–Crippen MR) is 316 cm³/mol. The van der Waals surface area contributed by atoms with Crippen molar-refractivity contribution in [3.05, 3.63) is 109 Å². The van der Waals surface area contributed by atoms with E-state index in [1.807, 2.05) is 39.4 Å². The third-order valence-corrected chi connectivity index (χ3v) is 13.4. The lowest BCUT2D eigenvalue weighted by molar-refractivity contribution is -0.870. The number of esters is 1. The molecule has 0 spiro atoms. The highest BCUT2D eigenvalue weighted by Crippen LogP contribution is 2.38. The Morgan fingerprint density at radius 1 is 0.486 bits per heavy atom. The van der Waals surface area contributed by atoms with Crippen molar-refractivity contribution in [2.24, 2.45) is 0 Å². The highest BCUT2D eigenvalue weighted by atomic mass is 31.2. The minimum atomic E-state index is -4.73. The molecule has 0 fully saturated rings. The van der Waals surface area contributed by atoms with Crippen LogP contribution in [0.2, 0.25) is 0 Å². The lowest BCUT2D eigenvalue weighted by Crippen LogP contribution is -2.47. The standard InChI is InChI=1S/C64H111N2O7P/c1-7-10-13-16-19-22-25-28-30-32-33-34-36-39-42-45-48-51-54-57-64(68)73-62(55-52-49-46-43-40-37-27-24-21-18-15-12-9-3)61(60-72-74(69,70)71-59-58-66(4,5)6)65-63(67)56-53-50-47-44-41-38-35-31-29-26-23-20-17-14-11-8-2/h11,14,19-20,22-23,28-31,33-34,38,41,47,50,52,55,61-62H,7-10,12-13,15-18,21,24-27,32,35-37,39-40,42-46,48-49,51,53-54,56-60H2,1-6H3,(H-,65,67,69,70)/b14-11+,22-19-,23-20+,30-28-,31-29+,34-33-,41-38+,50-47+,55-52+. The highest BCUT2D eigenvalue weighted by Gasteiger charge is 2.27. The molecule has 0 aliphatic heterocycles. The number of carbonyl (C=O) groups is 2. The van der Waals surface area contributed by atoms with E-state index in [0.717, 1.165) is 103 Å². The van der Waals surface area contributed by atoms with E-state index < -0.39 is 26.6 Å². The van der Waals surface area contributed by atoms with E-state index in [9.17, 15) is 19.0 Å². The van der Waals surface area contributed by atoms with Crippen LogP contribution in [0.25, 0.3) is 0 Å². The molecule has 0 aromatic rings. The molecule has 424 valence electrons. The van der Waals surface area contributed by atoms with Gasteiger partial charge in [-0.05, 0) is 102 Å². The topological polar surface area (TPSA) is 114 Å². The lowest BCUT2D eigenvalue weighted by atomic mass is 10.0. The molecule has 74 heavy (non-hydrogen) atoms. The number of rotatable bonds is 52. The maximum atomic E-state index is 13.5. The fraction of sp³-hybridized carbons (Fsp3) is 0.688. The lowest BCUT2D eigenvalue weighted by Gasteiger charge is -2.30. The number of allylic oxidation sites excluding steroid dienone is 17. The zero-order valence-electron chi connectivity index (χ0n) is 48.3. The number of unbranched alkanes of at least 4 members (excludes halogenated alkanes) is 20. The third kappa shape index (κ3) is 53.5. The fourth-order valence-corrected chi connectivity index (χ4v) is 8.59. The number of hydrogen-bond acceptors (Lipinski definition) is 7. The van der Waals surface area contributed by atoms with E-state index in [2.05, 4.69) is 111 Å². The minimum Gasteiger partial charge on any atom is -0.756 e. The number of ether oxygens (including phenoxy) is 1. The van der Waals surface area contributed by atoms with E-state index >= 15 is 0 Å². The Morgan fingerprint density at radius 2 is 0.878 bits per heavy atom. The van der Waals surface area contributed by atoms with Gasteiger partial charge in [0.25, 0.3) is 7.82 Å². The summed E-state index contributed by atoms with van der Waals surface area (Å²) in [7, 11) is 1.12. The molecule has 1 amide bonds. The van der Waals surface area contributed by atoms with Gasteiger partial charge < -0.3 is 28.5 Å². The number of phosphoric ester groups is 1. The monoisotopic (exact) mass is 1050 g/mol. The van der Waals surface area contributed by atoms with Crippen molar-refractivity contribution in [3.63, 3.8) is 0 Å². The first kappa shape index (κ1) is 70.7. The Labute approximate surface area is 455 Å². The molecule has 0 saturated heterocycles. The Morgan fingerprint density at radius 3 is 1.35 bits per heavy atom. The molecule has 0 bridgehead atoms. The number of likely N-dealkylation sites (N-methyl/N-ethyl adjacent to an activating group) is 1. The third-order valence-electron chi connectivity index (χ3n) is 12.5. The zero-order valence-corrected chi connectivity index (χ0v) is 49.1. The first-order chi connectivity index (χ1) is 35.9. The predicted octanol–water partition coefficient (Wildman–Crippen LogP) is 17.5. The fourth-order valence-electron chi connectivity index (χ4n) is 7.87. The van der Waals surface area contributed by atoms with Crippen LogP contribution < -0.4 is 10.2 Å². The molecule has 0 radical (unpaired) electrons. The van der Waals surface area contributed by atoms with Crippen LogP contribution in [0.4, 0.5) is 0 Å². The summed E-state index contributed by atoms with van der Waals surface area (Å²) in [5, 5.41) is 2.97. The van der Waals surface area contributed by atoms with Crippen LogP contribution in [-0.2, 0) is 27.9 Å². The molecule has 0 heterocycles. The van der Waals surface area contributed by atoms with E-state index in [1.165, 1.54) is 83.5 Å². The maximum absolute atomic E-state index is 13.5. The average molecular weight is 1050 g/mol. The summed E-state index contributed by atoms with van der Waals surface area (Å²) >= 11 is 0. The van der Waals surface area contributed by atoms with Gasteiger partial charge in [-0.1, -0.05) is 227 Å². The smallest absolute Gasteiger partial charge is 0.306 e. The molecule has 10 heteroatoms. The summed E-state index contributed by atoms with van der Waals surface area (Å²) in [6, 6.07) is -0.940. The average Bonchev–Trinajstić information content (AvgIpc) is 3.36. The minimum absolute atomic E-state index is 0.0432. The SMILES string of the molecule is CC/C=C/C/C=C/C/C=C/C/C=C/C/C=C/CCC(=O)NC(COP(=O)([O-])OCC[N+](C)(C)C)C(/C=C/CCCCCCCCCCCCC)OC(=O)CCCCCCCC/C=C\C/C=C\C/C=C\CCCCC. The Kier molecular flexibility index (Phi) is 50.7. The van der Waals surface area contributed by atoms with Gasteiger partial charge in [-0.2, -0.15) is 0 Å². The van der Waals surface area contributed by atoms with Crippen LogP contribution in [0.15, 0.2) is 109 Å². The second-order valence-corrected chi connectivity index (χ2v) is 22.2. The number of amides is 1. The summed E-state index contributed by atoms with van der Waals surface area (Å²) in [5.41, 5.74) is 0. The van der Waals surface area contributed by atoms with Gasteiger partial charge in [0.15, 0.2) is 0 Å². The molecular formula is C64H111N2O7P. The van der Waals surface area contributed by atoms with Crippen LogP contribution in [0, 0.1) is 0 Å². The van der Waals surface area contributed by atoms with Gasteiger partial charge >= 0.3 is 5.97 Å². The van der Waals surface area contributed by atoms with Crippen molar-refractivity contribution in [2.75, 3.05) is 40.9 Å². The zero-order chi connectivity index (χ0) is 54.3. The van der Waals surface area contributed by atoms with Crippen LogP contribution in [0.1, 0.15) is 233 Å². The van der Waals surface area contributed by atoms with Crippen molar-refractivity contribution in [1.29, 1.82) is 0 Å². The second-order valence-electron chi connectivity index (χ2n) is 20.8. The summed E-state index contributed by atoms with van der Waals surface area (Å²) < 4.78 is 30.2. The van der Waals surface area contributed by atoms with Crippen molar-refractivity contribution in [2.45, 2.75) is 245 Å². The molecule has 0 aliphatic rings. The largest absolute Gasteiger partial charge is 0.756 e. The second kappa shape index (κ2) is 53.1. The maximum Gasteiger partial charge on any atom is 0.306 e. The van der Waals surface area contributed by atoms with Crippen LogP contribution in [-0.4, -0.2) is 69.4 Å². The molecule has 0 aromatic heterocycles. The normalized spacial score (nSPS) is 14.5. The van der Waals surface area contributed by atoms with Gasteiger partial charge in [0, 0.05) is 12.8 Å². The number of hydrogen-bond donors (Lipinski definition) is 1. The first-order valence-electron chi connectivity index (χ1n) is 29.7. The Balaban J connectivity index is 5.47. The Hall–Kier alpha value is -3.33. The molecule has 0 saturated carbocycles. The van der Waals surface area contributed by atoms with Gasteiger partial charge in [-0.25, -0.2) is 0 Å². The van der Waals surface area contributed by atoms with E-state index in [4.69, 9.17) is 13.8 Å². The molecule has 0 rings (SSSR count). The molecular weight excluding hydrogens is 940 g/mol. The number of phosphoric acid groups is 1. The van der Waals surface area contributed by atoms with Crippen molar-refractivity contribution >= 4 is 19.7 Å². The number of quaternary nitrogens is 1. The summed E-state index contributed by atoms with van der Waals surface area (Å²) in [6.07, 6.45) is 72.1. The van der Waals surface area contributed by atoms with Gasteiger partial charge in [0.1, 0.15) is 19.3 Å². The van der Waals surface area contributed by atoms with E-state index in [0.29, 0.717) is 23.9 Å². The van der Waals surface area contributed by atoms with Crippen molar-refractivity contribution < 1.29 is 37.3 Å². The molecule has 3 atom stereocenters. The van der Waals surface area contributed by atoms with Gasteiger partial charge in [-0.3, -0.25) is 14.2 Å². The highest BCUT2D eigenvalue weighted by molar-refractivity contribution is 7.45. The van der Waals surface area contributed by atoms with E-state index in [1.54, 1.807) is 6.08 Å². The van der Waals surface area contributed by atoms with Crippen LogP contribution >= 0.6 is 7.82 Å². The number of nitrogens with zero attached hydrogens (tertiary/aromatic N) is 1. The molecule has 0 aromatic carbocycles. The van der Waals surface area contributed by atoms with Crippen LogP contribution in [0.3, 0.4) is 0 Å². The van der Waals surface area contributed by atoms with Gasteiger partial charge in [0.2, 0.25) is 5.91 Å². The molecule has 9 nitrogen and oxygen atoms in total. The number of carbonyl (C=O) groups excluding carboxylic acids is 2. The summed E-state index contributed by atoms with van der Waals surface area (Å²) in [6.45, 7) is 6.62. The first-order valence-corrected chi connectivity index (χ1v) is 31.2. The van der Waals surface area contributed by atoms with Crippen LogP contribution in [0.5, 0.6) is 0 Å². The summed E-state index contributed by atoms with van der Waals surface area (Å²) in [5.74, 6) is -0.659. The molecule has 1 N–H and O–H groups in total. The van der Waals surface area contributed by atoms with Gasteiger partial charge in [-0.15, -0.1) is 0 Å². The van der Waals surface area contributed by atoms with Crippen molar-refractivity contribution in [3.8, 4) is 0 Å². The molecule has 3 unspecified atom stereocenters. The van der Waals surface area contributed by atoms with E-state index in [-0.39, 0.29) is 31.3 Å².